The SMILES string of the molecule is CC(C)(C)OC(=O)N1CCc2cc(Br)c(N3CCOCC3)nc2CC1. The molecule has 3 heterocycles. The molecule has 1 saturated heterocycles. The van der Waals surface area contributed by atoms with Crippen LogP contribution in [0.4, 0.5) is 10.6 Å². The number of aromatic nitrogens is 1. The van der Waals surface area contributed by atoms with Crippen molar-refractivity contribution in [3.63, 3.8) is 0 Å². The molecule has 2 aliphatic rings. The van der Waals surface area contributed by atoms with Crippen LogP contribution in [0.3, 0.4) is 0 Å². The predicted octanol–water partition coefficient (Wildman–Crippen LogP) is 3.02. The summed E-state index contributed by atoms with van der Waals surface area (Å²) in [5.41, 5.74) is 1.81. The molecule has 1 fully saturated rings. The van der Waals surface area contributed by atoms with E-state index < -0.39 is 5.60 Å². The van der Waals surface area contributed by atoms with Crippen LogP contribution < -0.4 is 4.90 Å². The molecule has 0 radical (unpaired) electrons. The molecular formula is C18H26BrN3O3. The Balaban J connectivity index is 1.74. The van der Waals surface area contributed by atoms with Gasteiger partial charge >= 0.3 is 6.09 Å². The molecule has 0 unspecified atom stereocenters. The highest BCUT2D eigenvalue weighted by Gasteiger charge is 2.26. The fourth-order valence-corrected chi connectivity index (χ4v) is 3.72. The second kappa shape index (κ2) is 7.50. The largest absolute Gasteiger partial charge is 0.444 e. The van der Waals surface area contributed by atoms with E-state index in [1.807, 2.05) is 20.8 Å². The number of amides is 1. The number of nitrogens with zero attached hydrogens (tertiary/aromatic N) is 3. The molecule has 25 heavy (non-hydrogen) atoms. The second-order valence-corrected chi connectivity index (χ2v) is 8.32. The van der Waals surface area contributed by atoms with Crippen molar-refractivity contribution in [2.24, 2.45) is 0 Å². The number of pyridine rings is 1. The molecular weight excluding hydrogens is 386 g/mol. The summed E-state index contributed by atoms with van der Waals surface area (Å²) in [6.07, 6.45) is 1.30. The second-order valence-electron chi connectivity index (χ2n) is 7.47. The molecule has 0 spiro atoms. The lowest BCUT2D eigenvalue weighted by molar-refractivity contribution is 0.0258. The number of anilines is 1. The smallest absolute Gasteiger partial charge is 0.410 e. The fourth-order valence-electron chi connectivity index (χ4n) is 3.10. The zero-order valence-corrected chi connectivity index (χ0v) is 16.8. The first-order valence-corrected chi connectivity index (χ1v) is 9.62. The Kier molecular flexibility index (Phi) is 5.53. The Labute approximate surface area is 157 Å². The van der Waals surface area contributed by atoms with Crippen LogP contribution in [0.15, 0.2) is 10.5 Å². The van der Waals surface area contributed by atoms with Gasteiger partial charge in [-0.3, -0.25) is 0 Å². The highest BCUT2D eigenvalue weighted by molar-refractivity contribution is 9.10. The van der Waals surface area contributed by atoms with E-state index in [0.29, 0.717) is 13.1 Å². The van der Waals surface area contributed by atoms with Crippen molar-refractivity contribution in [2.45, 2.75) is 39.2 Å². The minimum Gasteiger partial charge on any atom is -0.444 e. The number of halogens is 1. The maximum absolute atomic E-state index is 12.4. The van der Waals surface area contributed by atoms with Crippen LogP contribution in [0, 0.1) is 0 Å². The summed E-state index contributed by atoms with van der Waals surface area (Å²) in [6, 6.07) is 2.16. The van der Waals surface area contributed by atoms with Gasteiger partial charge in [0.1, 0.15) is 11.4 Å². The standard InChI is InChI=1S/C18H26BrN3O3/c1-18(2,3)25-17(23)22-6-4-13-12-14(19)16(20-15(13)5-7-22)21-8-10-24-11-9-21/h12H,4-11H2,1-3H3. The first-order chi connectivity index (χ1) is 11.8. The van der Waals surface area contributed by atoms with Gasteiger partial charge in [-0.25, -0.2) is 9.78 Å². The summed E-state index contributed by atoms with van der Waals surface area (Å²) >= 11 is 3.67. The van der Waals surface area contributed by atoms with Crippen LogP contribution >= 0.6 is 15.9 Å². The number of fused-ring (bicyclic) bond motifs is 1. The van der Waals surface area contributed by atoms with E-state index >= 15 is 0 Å². The van der Waals surface area contributed by atoms with Crippen molar-refractivity contribution in [3.8, 4) is 0 Å². The van der Waals surface area contributed by atoms with Gasteiger partial charge in [-0.1, -0.05) is 0 Å². The Morgan fingerprint density at radius 3 is 2.56 bits per heavy atom. The molecule has 0 bridgehead atoms. The van der Waals surface area contributed by atoms with Gasteiger partial charge in [-0.2, -0.15) is 0 Å². The van der Waals surface area contributed by atoms with Crippen molar-refractivity contribution in [2.75, 3.05) is 44.3 Å². The molecule has 3 rings (SSSR count). The highest BCUT2D eigenvalue weighted by atomic mass is 79.9. The lowest BCUT2D eigenvalue weighted by Gasteiger charge is -2.29. The summed E-state index contributed by atoms with van der Waals surface area (Å²) < 4.78 is 12.0. The van der Waals surface area contributed by atoms with Crippen LogP contribution in [0.5, 0.6) is 0 Å². The summed E-state index contributed by atoms with van der Waals surface area (Å²) in [6.45, 7) is 10.2. The van der Waals surface area contributed by atoms with Crippen LogP contribution in [0.25, 0.3) is 0 Å². The Morgan fingerprint density at radius 1 is 1.20 bits per heavy atom. The minimum absolute atomic E-state index is 0.243. The summed E-state index contributed by atoms with van der Waals surface area (Å²) in [5.74, 6) is 0.979. The molecule has 6 nitrogen and oxygen atoms in total. The number of rotatable bonds is 1. The van der Waals surface area contributed by atoms with Crippen molar-refractivity contribution >= 4 is 27.8 Å². The third-order valence-electron chi connectivity index (χ3n) is 4.36. The van der Waals surface area contributed by atoms with Gasteiger partial charge < -0.3 is 19.3 Å². The van der Waals surface area contributed by atoms with Gasteiger partial charge in [0, 0.05) is 38.3 Å². The van der Waals surface area contributed by atoms with E-state index in [9.17, 15) is 4.79 Å². The predicted molar refractivity (Wildman–Crippen MR) is 100 cm³/mol. The summed E-state index contributed by atoms with van der Waals surface area (Å²) in [4.78, 5) is 21.3. The third-order valence-corrected chi connectivity index (χ3v) is 4.94. The Morgan fingerprint density at radius 2 is 1.88 bits per heavy atom. The average Bonchev–Trinajstić information content (AvgIpc) is 2.75. The Hall–Kier alpha value is -1.34. The summed E-state index contributed by atoms with van der Waals surface area (Å²) in [7, 11) is 0. The molecule has 1 aromatic rings. The van der Waals surface area contributed by atoms with Crippen molar-refractivity contribution in [1.29, 1.82) is 0 Å². The first-order valence-electron chi connectivity index (χ1n) is 8.82. The maximum atomic E-state index is 12.4. The topological polar surface area (TPSA) is 54.9 Å². The molecule has 0 aliphatic carbocycles. The van der Waals surface area contributed by atoms with Gasteiger partial charge in [0.05, 0.1) is 17.7 Å². The van der Waals surface area contributed by atoms with Crippen molar-refractivity contribution in [3.05, 3.63) is 21.8 Å². The number of ether oxygens (including phenoxy) is 2. The molecule has 0 atom stereocenters. The number of carbonyl (C=O) groups is 1. The quantitative estimate of drug-likeness (QED) is 0.710. The normalized spacial score (nSPS) is 18.6. The van der Waals surface area contributed by atoms with E-state index in [0.717, 1.165) is 55.1 Å². The monoisotopic (exact) mass is 411 g/mol. The van der Waals surface area contributed by atoms with Gasteiger partial charge in [0.2, 0.25) is 0 Å². The third kappa shape index (κ3) is 4.64. The average molecular weight is 412 g/mol. The lowest BCUT2D eigenvalue weighted by Crippen LogP contribution is -2.38. The summed E-state index contributed by atoms with van der Waals surface area (Å²) in [5, 5.41) is 0. The van der Waals surface area contributed by atoms with Gasteiger partial charge in [-0.05, 0) is 54.8 Å². The number of carbonyl (C=O) groups excluding carboxylic acids is 1. The van der Waals surface area contributed by atoms with Crippen molar-refractivity contribution < 1.29 is 14.3 Å². The zero-order valence-electron chi connectivity index (χ0n) is 15.2. The molecule has 7 heteroatoms. The van der Waals surface area contributed by atoms with E-state index in [-0.39, 0.29) is 6.09 Å². The molecule has 1 aromatic heterocycles. The molecule has 1 amide bonds. The maximum Gasteiger partial charge on any atom is 0.410 e. The van der Waals surface area contributed by atoms with Crippen molar-refractivity contribution in [1.82, 2.24) is 9.88 Å². The highest BCUT2D eigenvalue weighted by Crippen LogP contribution is 2.29. The van der Waals surface area contributed by atoms with Crippen LogP contribution in [0.1, 0.15) is 32.0 Å². The fraction of sp³-hybridized carbons (Fsp3) is 0.667. The zero-order chi connectivity index (χ0) is 18.0. The number of hydrogen-bond acceptors (Lipinski definition) is 5. The van der Waals surface area contributed by atoms with E-state index in [2.05, 4.69) is 26.9 Å². The van der Waals surface area contributed by atoms with Crippen LogP contribution in [-0.4, -0.2) is 61.0 Å². The molecule has 2 aliphatic heterocycles. The first kappa shape index (κ1) is 18.5. The van der Waals surface area contributed by atoms with Gasteiger partial charge in [0.25, 0.3) is 0 Å². The van der Waals surface area contributed by atoms with E-state index in [1.54, 1.807) is 4.90 Å². The van der Waals surface area contributed by atoms with E-state index in [4.69, 9.17) is 14.5 Å². The van der Waals surface area contributed by atoms with Crippen LogP contribution in [0.2, 0.25) is 0 Å². The van der Waals surface area contributed by atoms with Crippen LogP contribution in [-0.2, 0) is 22.3 Å². The molecule has 138 valence electrons. The lowest BCUT2D eigenvalue weighted by atomic mass is 10.1. The Bertz CT molecular complexity index is 639. The molecule has 0 aromatic carbocycles. The minimum atomic E-state index is -0.471. The number of morpholine rings is 1. The van der Waals surface area contributed by atoms with Gasteiger partial charge in [-0.15, -0.1) is 0 Å². The molecule has 0 saturated carbocycles. The van der Waals surface area contributed by atoms with Gasteiger partial charge in [0.15, 0.2) is 0 Å². The number of hydrogen-bond donors (Lipinski definition) is 0. The van der Waals surface area contributed by atoms with E-state index in [1.165, 1.54) is 5.56 Å². The molecule has 0 N–H and O–H groups in total.